The van der Waals surface area contributed by atoms with Gasteiger partial charge in [0.2, 0.25) is 0 Å². The number of fused-ring (bicyclic) bond motifs is 1. The summed E-state index contributed by atoms with van der Waals surface area (Å²) in [7, 11) is 0. The lowest BCUT2D eigenvalue weighted by Crippen LogP contribution is -2.00. The molecule has 0 atom stereocenters. The van der Waals surface area contributed by atoms with Crippen LogP contribution in [-0.2, 0) is 17.6 Å². The van der Waals surface area contributed by atoms with E-state index in [1.165, 1.54) is 12.1 Å². The third kappa shape index (κ3) is 2.88. The lowest BCUT2D eigenvalue weighted by Gasteiger charge is -2.06. The van der Waals surface area contributed by atoms with E-state index in [1.54, 1.807) is 18.2 Å². The molecule has 0 bridgehead atoms. The highest BCUT2D eigenvalue weighted by molar-refractivity contribution is 9.10. The fourth-order valence-corrected chi connectivity index (χ4v) is 3.36. The highest BCUT2D eigenvalue weighted by atomic mass is 79.9. The van der Waals surface area contributed by atoms with Gasteiger partial charge in [-0.2, -0.15) is 0 Å². The predicted octanol–water partition coefficient (Wildman–Crippen LogP) is 5.19. The maximum atomic E-state index is 13.2. The minimum atomic E-state index is -0.911. The Hall–Kier alpha value is -2.14. The molecule has 0 amide bonds. The summed E-state index contributed by atoms with van der Waals surface area (Å²) in [4.78, 5) is 11.1. The van der Waals surface area contributed by atoms with Crippen molar-refractivity contribution in [1.82, 2.24) is 0 Å². The molecule has 1 heterocycles. The van der Waals surface area contributed by atoms with Gasteiger partial charge in [-0.3, -0.25) is 4.79 Å². The standard InChI is InChI=1S/C18H14BrFO3/c1-2-10-3-4-12(9-14(21)22)17-15(10)16(18(19)23-17)11-5-7-13(20)8-6-11/h3-8H,2,9H2,1H3,(H,21,22). The first kappa shape index (κ1) is 15.7. The number of rotatable bonds is 4. The molecule has 1 aromatic heterocycles. The second-order valence-electron chi connectivity index (χ2n) is 5.27. The van der Waals surface area contributed by atoms with Gasteiger partial charge in [0, 0.05) is 16.5 Å². The highest BCUT2D eigenvalue weighted by Crippen LogP contribution is 2.41. The number of hydrogen-bond acceptors (Lipinski definition) is 2. The molecule has 0 saturated carbocycles. The fourth-order valence-electron chi connectivity index (χ4n) is 2.77. The molecule has 3 rings (SSSR count). The van der Waals surface area contributed by atoms with E-state index in [0.717, 1.165) is 28.5 Å². The molecular formula is C18H14BrFO3. The second-order valence-corrected chi connectivity index (χ2v) is 5.99. The molecule has 118 valence electrons. The zero-order valence-electron chi connectivity index (χ0n) is 12.4. The molecule has 0 saturated heterocycles. The number of carbonyl (C=O) groups is 1. The van der Waals surface area contributed by atoms with Crippen molar-refractivity contribution in [2.45, 2.75) is 19.8 Å². The zero-order valence-corrected chi connectivity index (χ0v) is 14.0. The summed E-state index contributed by atoms with van der Waals surface area (Å²) in [6, 6.07) is 9.89. The molecule has 3 aromatic rings. The molecular weight excluding hydrogens is 363 g/mol. The summed E-state index contributed by atoms with van der Waals surface area (Å²) in [6.07, 6.45) is 0.674. The predicted molar refractivity (Wildman–Crippen MR) is 90.0 cm³/mol. The van der Waals surface area contributed by atoms with E-state index in [1.807, 2.05) is 13.0 Å². The van der Waals surface area contributed by atoms with Crippen LogP contribution in [0.4, 0.5) is 4.39 Å². The first-order valence-electron chi connectivity index (χ1n) is 7.21. The summed E-state index contributed by atoms with van der Waals surface area (Å²) in [6.45, 7) is 2.03. The third-order valence-electron chi connectivity index (χ3n) is 3.82. The first-order valence-corrected chi connectivity index (χ1v) is 8.01. The van der Waals surface area contributed by atoms with Crippen LogP contribution in [0.5, 0.6) is 0 Å². The molecule has 0 aliphatic carbocycles. The molecule has 0 aliphatic heterocycles. The smallest absolute Gasteiger partial charge is 0.307 e. The summed E-state index contributed by atoms with van der Waals surface area (Å²) in [5, 5.41) is 9.96. The topological polar surface area (TPSA) is 50.4 Å². The summed E-state index contributed by atoms with van der Waals surface area (Å²) in [5.41, 5.74) is 3.89. The van der Waals surface area contributed by atoms with Gasteiger partial charge in [0.05, 0.1) is 6.42 Å². The number of carboxylic acid groups (broad SMARTS) is 1. The molecule has 2 aromatic carbocycles. The van der Waals surface area contributed by atoms with Crippen LogP contribution in [-0.4, -0.2) is 11.1 Å². The van der Waals surface area contributed by atoms with E-state index in [2.05, 4.69) is 15.9 Å². The Morgan fingerprint density at radius 2 is 1.83 bits per heavy atom. The molecule has 0 fully saturated rings. The summed E-state index contributed by atoms with van der Waals surface area (Å²) >= 11 is 3.42. The van der Waals surface area contributed by atoms with Gasteiger partial charge in [0.1, 0.15) is 11.4 Å². The number of aliphatic carboxylic acids is 1. The van der Waals surface area contributed by atoms with Crippen molar-refractivity contribution in [3.05, 3.63) is 58.0 Å². The molecule has 23 heavy (non-hydrogen) atoms. The van der Waals surface area contributed by atoms with Crippen molar-refractivity contribution in [2.24, 2.45) is 0 Å². The number of aryl methyl sites for hydroxylation is 1. The Labute approximate surface area is 140 Å². The Bertz CT molecular complexity index is 881. The van der Waals surface area contributed by atoms with Crippen molar-refractivity contribution >= 4 is 32.9 Å². The Balaban J connectivity index is 2.31. The van der Waals surface area contributed by atoms with E-state index < -0.39 is 5.97 Å². The van der Waals surface area contributed by atoms with Crippen molar-refractivity contribution < 1.29 is 18.7 Å². The van der Waals surface area contributed by atoms with Crippen molar-refractivity contribution in [1.29, 1.82) is 0 Å². The van der Waals surface area contributed by atoms with Crippen LogP contribution in [0.2, 0.25) is 0 Å². The number of furan rings is 1. The van der Waals surface area contributed by atoms with Crippen LogP contribution < -0.4 is 0 Å². The molecule has 0 unspecified atom stereocenters. The third-order valence-corrected chi connectivity index (χ3v) is 4.38. The normalized spacial score (nSPS) is 11.1. The van der Waals surface area contributed by atoms with Gasteiger partial charge < -0.3 is 9.52 Å². The van der Waals surface area contributed by atoms with E-state index in [9.17, 15) is 9.18 Å². The van der Waals surface area contributed by atoms with Crippen LogP contribution in [0.15, 0.2) is 45.5 Å². The summed E-state index contributed by atoms with van der Waals surface area (Å²) in [5.74, 6) is -1.22. The quantitative estimate of drug-likeness (QED) is 0.681. The molecule has 5 heteroatoms. The SMILES string of the molecule is CCc1ccc(CC(=O)O)c2oc(Br)c(-c3ccc(F)cc3)c12. The molecule has 0 aliphatic rings. The van der Waals surface area contributed by atoms with Gasteiger partial charge in [-0.1, -0.05) is 31.2 Å². The minimum Gasteiger partial charge on any atom is -0.481 e. The van der Waals surface area contributed by atoms with E-state index in [-0.39, 0.29) is 12.2 Å². The van der Waals surface area contributed by atoms with Gasteiger partial charge >= 0.3 is 5.97 Å². The molecule has 0 radical (unpaired) electrons. The Morgan fingerprint density at radius 3 is 2.43 bits per heavy atom. The fraction of sp³-hybridized carbons (Fsp3) is 0.167. The Morgan fingerprint density at radius 1 is 1.17 bits per heavy atom. The van der Waals surface area contributed by atoms with Crippen molar-refractivity contribution in [3.8, 4) is 11.1 Å². The molecule has 1 N–H and O–H groups in total. The van der Waals surface area contributed by atoms with Crippen LogP contribution in [0.3, 0.4) is 0 Å². The van der Waals surface area contributed by atoms with Crippen LogP contribution in [0.25, 0.3) is 22.1 Å². The highest BCUT2D eigenvalue weighted by Gasteiger charge is 2.20. The summed E-state index contributed by atoms with van der Waals surface area (Å²) < 4.78 is 19.5. The van der Waals surface area contributed by atoms with Crippen LogP contribution >= 0.6 is 15.9 Å². The number of halogens is 2. The maximum Gasteiger partial charge on any atom is 0.307 e. The lowest BCUT2D eigenvalue weighted by molar-refractivity contribution is -0.136. The number of benzene rings is 2. The van der Waals surface area contributed by atoms with Crippen molar-refractivity contribution in [2.75, 3.05) is 0 Å². The van der Waals surface area contributed by atoms with Gasteiger partial charge in [-0.05, 0) is 45.6 Å². The second kappa shape index (κ2) is 6.16. The maximum absolute atomic E-state index is 13.2. The van der Waals surface area contributed by atoms with Gasteiger partial charge in [0.25, 0.3) is 0 Å². The van der Waals surface area contributed by atoms with Crippen molar-refractivity contribution in [3.63, 3.8) is 0 Å². The zero-order chi connectivity index (χ0) is 16.6. The van der Waals surface area contributed by atoms with Crippen LogP contribution in [0.1, 0.15) is 18.1 Å². The lowest BCUT2D eigenvalue weighted by atomic mass is 9.96. The molecule has 3 nitrogen and oxygen atoms in total. The van der Waals surface area contributed by atoms with E-state index in [0.29, 0.717) is 15.8 Å². The van der Waals surface area contributed by atoms with Gasteiger partial charge in [0.15, 0.2) is 4.67 Å². The first-order chi connectivity index (χ1) is 11.0. The van der Waals surface area contributed by atoms with E-state index >= 15 is 0 Å². The monoisotopic (exact) mass is 376 g/mol. The average molecular weight is 377 g/mol. The molecule has 0 spiro atoms. The number of hydrogen-bond donors (Lipinski definition) is 1. The Kier molecular flexibility index (Phi) is 4.22. The number of carboxylic acids is 1. The van der Waals surface area contributed by atoms with Gasteiger partial charge in [-0.25, -0.2) is 4.39 Å². The minimum absolute atomic E-state index is 0.108. The van der Waals surface area contributed by atoms with Gasteiger partial charge in [-0.15, -0.1) is 0 Å². The average Bonchev–Trinajstić information content (AvgIpc) is 2.86. The largest absolute Gasteiger partial charge is 0.481 e. The van der Waals surface area contributed by atoms with E-state index in [4.69, 9.17) is 9.52 Å². The van der Waals surface area contributed by atoms with Crippen LogP contribution in [0, 0.1) is 5.82 Å².